The van der Waals surface area contributed by atoms with Gasteiger partial charge in [-0.15, -0.1) is 0 Å². The quantitative estimate of drug-likeness (QED) is 0.840. The van der Waals surface area contributed by atoms with Gasteiger partial charge >= 0.3 is 0 Å². The SMILES string of the molecule is COc1ccc(NC(C)=O)c(C#Cc2ccnc(NC(C)=O)c2)n1. The Balaban J connectivity index is 2.35. The number of aromatic nitrogens is 2. The van der Waals surface area contributed by atoms with E-state index < -0.39 is 0 Å². The van der Waals surface area contributed by atoms with E-state index >= 15 is 0 Å². The molecule has 2 aromatic heterocycles. The molecule has 24 heavy (non-hydrogen) atoms. The molecule has 0 saturated carbocycles. The smallest absolute Gasteiger partial charge is 0.222 e. The number of rotatable bonds is 3. The number of carbonyl (C=O) groups excluding carboxylic acids is 2. The summed E-state index contributed by atoms with van der Waals surface area (Å²) in [5.41, 5.74) is 1.52. The van der Waals surface area contributed by atoms with Crippen molar-refractivity contribution in [3.8, 4) is 17.7 Å². The summed E-state index contributed by atoms with van der Waals surface area (Å²) in [5, 5.41) is 5.26. The number of anilines is 2. The first-order valence-corrected chi connectivity index (χ1v) is 7.06. The lowest BCUT2D eigenvalue weighted by Gasteiger charge is -2.06. The zero-order valence-corrected chi connectivity index (χ0v) is 13.5. The van der Waals surface area contributed by atoms with Crippen LogP contribution in [-0.2, 0) is 9.59 Å². The number of amides is 2. The predicted molar refractivity (Wildman–Crippen MR) is 89.6 cm³/mol. The molecule has 2 aromatic rings. The van der Waals surface area contributed by atoms with Crippen molar-refractivity contribution in [1.29, 1.82) is 0 Å². The zero-order chi connectivity index (χ0) is 17.5. The fourth-order valence-electron chi connectivity index (χ4n) is 1.83. The lowest BCUT2D eigenvalue weighted by Crippen LogP contribution is -2.08. The summed E-state index contributed by atoms with van der Waals surface area (Å²) in [5.74, 6) is 6.19. The molecule has 7 nitrogen and oxygen atoms in total. The minimum atomic E-state index is -0.220. The second kappa shape index (κ2) is 7.74. The maximum absolute atomic E-state index is 11.3. The first kappa shape index (κ1) is 17.0. The van der Waals surface area contributed by atoms with Gasteiger partial charge in [-0.05, 0) is 24.1 Å². The second-order valence-corrected chi connectivity index (χ2v) is 4.79. The molecule has 2 amide bonds. The Labute approximate surface area is 139 Å². The lowest BCUT2D eigenvalue weighted by atomic mass is 10.2. The van der Waals surface area contributed by atoms with E-state index in [1.807, 2.05) is 0 Å². The average Bonchev–Trinajstić information content (AvgIpc) is 2.53. The maximum Gasteiger partial charge on any atom is 0.222 e. The first-order valence-electron chi connectivity index (χ1n) is 7.06. The summed E-state index contributed by atoms with van der Waals surface area (Å²) >= 11 is 0. The summed E-state index contributed by atoms with van der Waals surface area (Å²) in [6.45, 7) is 2.81. The summed E-state index contributed by atoms with van der Waals surface area (Å²) in [4.78, 5) is 30.6. The van der Waals surface area contributed by atoms with E-state index in [4.69, 9.17) is 4.74 Å². The Hall–Kier alpha value is -3.40. The molecule has 2 heterocycles. The van der Waals surface area contributed by atoms with Gasteiger partial charge in [0.1, 0.15) is 11.5 Å². The van der Waals surface area contributed by atoms with E-state index in [0.717, 1.165) is 0 Å². The average molecular weight is 324 g/mol. The number of hydrogen-bond acceptors (Lipinski definition) is 5. The third-order valence-electron chi connectivity index (χ3n) is 2.78. The largest absolute Gasteiger partial charge is 0.481 e. The van der Waals surface area contributed by atoms with Crippen molar-refractivity contribution < 1.29 is 14.3 Å². The molecule has 2 rings (SSSR count). The topological polar surface area (TPSA) is 93.2 Å². The van der Waals surface area contributed by atoms with Gasteiger partial charge in [0.25, 0.3) is 0 Å². The van der Waals surface area contributed by atoms with Crippen LogP contribution >= 0.6 is 0 Å². The molecule has 0 aliphatic rings. The van der Waals surface area contributed by atoms with Crippen LogP contribution in [-0.4, -0.2) is 28.9 Å². The Morgan fingerprint density at radius 1 is 1.08 bits per heavy atom. The van der Waals surface area contributed by atoms with Crippen LogP contribution in [0.25, 0.3) is 0 Å². The third-order valence-corrected chi connectivity index (χ3v) is 2.78. The molecule has 0 unspecified atom stereocenters. The van der Waals surface area contributed by atoms with E-state index in [9.17, 15) is 9.59 Å². The van der Waals surface area contributed by atoms with Crippen LogP contribution in [0.1, 0.15) is 25.1 Å². The molecule has 0 fully saturated rings. The number of carbonyl (C=O) groups is 2. The van der Waals surface area contributed by atoms with Crippen LogP contribution in [0.2, 0.25) is 0 Å². The Morgan fingerprint density at radius 3 is 2.50 bits per heavy atom. The molecule has 0 radical (unpaired) electrons. The van der Waals surface area contributed by atoms with Gasteiger partial charge in [0.05, 0.1) is 12.8 Å². The first-order chi connectivity index (χ1) is 11.5. The Morgan fingerprint density at radius 2 is 1.83 bits per heavy atom. The molecular weight excluding hydrogens is 308 g/mol. The molecular formula is C17H16N4O3. The van der Waals surface area contributed by atoms with Crippen molar-refractivity contribution in [2.45, 2.75) is 13.8 Å². The number of hydrogen-bond donors (Lipinski definition) is 2. The summed E-state index contributed by atoms with van der Waals surface area (Å²) in [6, 6.07) is 6.66. The van der Waals surface area contributed by atoms with E-state index in [-0.39, 0.29) is 11.8 Å². The second-order valence-electron chi connectivity index (χ2n) is 4.79. The highest BCUT2D eigenvalue weighted by Crippen LogP contribution is 2.17. The van der Waals surface area contributed by atoms with Crippen molar-refractivity contribution in [1.82, 2.24) is 9.97 Å². The van der Waals surface area contributed by atoms with Crippen molar-refractivity contribution in [2.24, 2.45) is 0 Å². The predicted octanol–water partition coefficient (Wildman–Crippen LogP) is 1.80. The fraction of sp³-hybridized carbons (Fsp3) is 0.176. The molecule has 0 aliphatic heterocycles. The van der Waals surface area contributed by atoms with E-state index in [1.54, 1.807) is 30.5 Å². The highest BCUT2D eigenvalue weighted by molar-refractivity contribution is 5.90. The summed E-state index contributed by atoms with van der Waals surface area (Å²) in [6.07, 6.45) is 1.54. The number of pyridine rings is 2. The maximum atomic E-state index is 11.3. The molecule has 0 saturated heterocycles. The number of methoxy groups -OCH3 is 1. The standard InChI is InChI=1S/C17H16N4O3/c1-11(22)19-14-6-7-17(24-3)21-15(14)5-4-13-8-9-18-16(10-13)20-12(2)23/h6-10H,1-3H3,(H,19,22)(H,18,20,23). The summed E-state index contributed by atoms with van der Waals surface area (Å²) < 4.78 is 5.08. The number of nitrogens with one attached hydrogen (secondary N) is 2. The Bertz CT molecular complexity index is 837. The lowest BCUT2D eigenvalue weighted by molar-refractivity contribution is -0.115. The highest BCUT2D eigenvalue weighted by atomic mass is 16.5. The molecule has 2 N–H and O–H groups in total. The van der Waals surface area contributed by atoms with Gasteiger partial charge in [0, 0.05) is 31.7 Å². The molecule has 0 atom stereocenters. The summed E-state index contributed by atoms with van der Waals surface area (Å²) in [7, 11) is 1.50. The van der Waals surface area contributed by atoms with Gasteiger partial charge in [0.15, 0.2) is 0 Å². The van der Waals surface area contributed by atoms with Crippen molar-refractivity contribution in [3.05, 3.63) is 41.7 Å². The van der Waals surface area contributed by atoms with Crippen LogP contribution in [0.15, 0.2) is 30.5 Å². The van der Waals surface area contributed by atoms with Gasteiger partial charge in [0.2, 0.25) is 17.7 Å². The minimum absolute atomic E-state index is 0.213. The van der Waals surface area contributed by atoms with Crippen molar-refractivity contribution >= 4 is 23.3 Å². The Kier molecular flexibility index (Phi) is 5.47. The van der Waals surface area contributed by atoms with Crippen LogP contribution in [0.4, 0.5) is 11.5 Å². The minimum Gasteiger partial charge on any atom is -0.481 e. The third kappa shape index (κ3) is 4.81. The highest BCUT2D eigenvalue weighted by Gasteiger charge is 2.06. The van der Waals surface area contributed by atoms with Gasteiger partial charge in [-0.1, -0.05) is 5.92 Å². The van der Waals surface area contributed by atoms with Crippen LogP contribution in [0, 0.1) is 11.8 Å². The van der Waals surface area contributed by atoms with Crippen LogP contribution in [0.5, 0.6) is 5.88 Å². The number of ether oxygens (including phenoxy) is 1. The zero-order valence-electron chi connectivity index (χ0n) is 13.5. The van der Waals surface area contributed by atoms with Gasteiger partial charge in [-0.25, -0.2) is 9.97 Å². The normalized spacial score (nSPS) is 9.46. The van der Waals surface area contributed by atoms with Gasteiger partial charge in [-0.3, -0.25) is 9.59 Å². The molecule has 0 aromatic carbocycles. The molecule has 0 spiro atoms. The molecule has 0 bridgehead atoms. The fourth-order valence-corrected chi connectivity index (χ4v) is 1.83. The monoisotopic (exact) mass is 324 g/mol. The van der Waals surface area contributed by atoms with Crippen LogP contribution in [0.3, 0.4) is 0 Å². The van der Waals surface area contributed by atoms with Gasteiger partial charge in [-0.2, -0.15) is 0 Å². The number of nitrogens with zero attached hydrogens (tertiary/aromatic N) is 2. The molecule has 122 valence electrons. The van der Waals surface area contributed by atoms with Crippen molar-refractivity contribution in [2.75, 3.05) is 17.7 Å². The van der Waals surface area contributed by atoms with Gasteiger partial charge < -0.3 is 15.4 Å². The molecule has 7 heteroatoms. The van der Waals surface area contributed by atoms with Crippen LogP contribution < -0.4 is 15.4 Å². The van der Waals surface area contributed by atoms with E-state index in [0.29, 0.717) is 28.6 Å². The van der Waals surface area contributed by atoms with E-state index in [2.05, 4.69) is 32.4 Å². The molecule has 0 aliphatic carbocycles. The van der Waals surface area contributed by atoms with Crippen molar-refractivity contribution in [3.63, 3.8) is 0 Å². The van der Waals surface area contributed by atoms with E-state index in [1.165, 1.54) is 21.0 Å².